The molecule has 3 saturated heterocycles. The molecule has 1 atom stereocenters. The maximum absolute atomic E-state index is 14.9. The summed E-state index contributed by atoms with van der Waals surface area (Å²) in [6, 6.07) is 12.6. The Hall–Kier alpha value is -6.36. The molecule has 0 saturated carbocycles. The van der Waals surface area contributed by atoms with E-state index in [0.29, 0.717) is 78.1 Å². The number of hydrogen-bond acceptors (Lipinski definition) is 10. The molecule has 5 aliphatic heterocycles. The highest BCUT2D eigenvalue weighted by molar-refractivity contribution is 6.05. The molecule has 0 radical (unpaired) electrons. The van der Waals surface area contributed by atoms with E-state index in [1.54, 1.807) is 46.9 Å². The van der Waals surface area contributed by atoms with Crippen molar-refractivity contribution in [2.75, 3.05) is 56.7 Å². The van der Waals surface area contributed by atoms with Gasteiger partial charge in [-0.2, -0.15) is 5.10 Å². The number of hydrogen-bond donors (Lipinski definition) is 1. The van der Waals surface area contributed by atoms with Gasteiger partial charge in [-0.25, -0.2) is 13.8 Å². The summed E-state index contributed by atoms with van der Waals surface area (Å²) in [5.41, 5.74) is 6.52. The number of methoxy groups -OCH3 is 1. The van der Waals surface area contributed by atoms with Crippen molar-refractivity contribution >= 4 is 46.5 Å². The van der Waals surface area contributed by atoms with E-state index < -0.39 is 18.4 Å². The third-order valence-corrected chi connectivity index (χ3v) is 13.6. The van der Waals surface area contributed by atoms with E-state index in [1.807, 2.05) is 35.0 Å². The minimum absolute atomic E-state index is 0.0184. The molecule has 0 spiro atoms. The zero-order valence-electron chi connectivity index (χ0n) is 34.9. The van der Waals surface area contributed by atoms with E-state index in [1.165, 1.54) is 13.2 Å². The second kappa shape index (κ2) is 15.5. The second-order valence-corrected chi connectivity index (χ2v) is 17.0. The van der Waals surface area contributed by atoms with Gasteiger partial charge in [-0.1, -0.05) is 6.07 Å². The van der Waals surface area contributed by atoms with Crippen molar-refractivity contribution in [2.45, 2.75) is 76.7 Å². The maximum Gasteiger partial charge on any atom is 0.264 e. The van der Waals surface area contributed by atoms with Crippen LogP contribution >= 0.6 is 0 Å². The van der Waals surface area contributed by atoms with Gasteiger partial charge in [0.25, 0.3) is 12.3 Å². The normalized spacial score (nSPS) is 19.9. The third kappa shape index (κ3) is 6.82. The molecule has 3 fully saturated rings. The number of rotatable bonds is 9. The topological polar surface area (TPSA) is 141 Å². The van der Waals surface area contributed by atoms with Crippen LogP contribution in [0.4, 0.5) is 26.0 Å². The Balaban J connectivity index is 0.836. The van der Waals surface area contributed by atoms with Crippen molar-refractivity contribution in [1.29, 1.82) is 0 Å². The molecular weight excluding hydrogens is 799 g/mol. The average molecular weight is 847 g/mol. The fourth-order valence-electron chi connectivity index (χ4n) is 10.0. The number of aromatic nitrogens is 4. The molecule has 322 valence electrons. The molecule has 17 heteroatoms. The predicted molar refractivity (Wildman–Crippen MR) is 226 cm³/mol. The summed E-state index contributed by atoms with van der Waals surface area (Å²) in [5.74, 6) is 0.210. The van der Waals surface area contributed by atoms with E-state index in [9.17, 15) is 28.0 Å². The number of halogens is 2. The molecule has 1 N–H and O–H groups in total. The van der Waals surface area contributed by atoms with Crippen LogP contribution in [0.1, 0.15) is 77.8 Å². The van der Waals surface area contributed by atoms with E-state index in [0.717, 1.165) is 61.5 Å². The minimum atomic E-state index is -2.76. The first kappa shape index (κ1) is 39.8. The minimum Gasteiger partial charge on any atom is -0.495 e. The Morgan fingerprint density at radius 3 is 2.47 bits per heavy atom. The number of pyridine rings is 1. The van der Waals surface area contributed by atoms with Gasteiger partial charge >= 0.3 is 0 Å². The lowest BCUT2D eigenvalue weighted by Gasteiger charge is -2.48. The molecule has 2 aromatic carbocycles. The lowest BCUT2D eigenvalue weighted by Crippen LogP contribution is -2.61. The number of imidazole rings is 1. The lowest BCUT2D eigenvalue weighted by molar-refractivity contribution is -0.137. The molecule has 0 bridgehead atoms. The second-order valence-electron chi connectivity index (χ2n) is 17.0. The summed E-state index contributed by atoms with van der Waals surface area (Å²) in [6.07, 6.45) is 5.41. The zero-order chi connectivity index (χ0) is 43.0. The van der Waals surface area contributed by atoms with Gasteiger partial charge in [-0.15, -0.1) is 0 Å². The van der Waals surface area contributed by atoms with Crippen LogP contribution in [0, 0.1) is 0 Å². The standard InChI is InChI=1S/C45H48F2N10O5/c1-26(58)53-16-12-37-36(24-53)43(51(2)29-4-7-33(35(19-29)42(46)47)34-20-40-48-13-17-54(40)25-39(34)62-3)50-57(37)28-10-14-52(15-11-28)31-22-55(23-31)30-5-6-32-27(18-30)21-56(45(32)61)38-8-9-41(59)49-44(38)60/h4-7,13,17-20,25,28,31,38,42H,8-12,14-16,21-24H2,1-3H3,(H,49,59,60). The summed E-state index contributed by atoms with van der Waals surface area (Å²) in [5, 5.41) is 7.59. The molecule has 10 rings (SSSR count). The van der Waals surface area contributed by atoms with Crippen molar-refractivity contribution in [3.63, 3.8) is 0 Å². The molecule has 0 aliphatic carbocycles. The highest BCUT2D eigenvalue weighted by Crippen LogP contribution is 2.42. The first-order valence-electron chi connectivity index (χ1n) is 21.2. The first-order chi connectivity index (χ1) is 29.9. The van der Waals surface area contributed by atoms with E-state index in [4.69, 9.17) is 9.84 Å². The molecule has 5 aliphatic rings. The number of nitrogens with one attached hydrogen (secondary N) is 1. The van der Waals surface area contributed by atoms with Gasteiger partial charge in [0.15, 0.2) is 5.82 Å². The quantitative estimate of drug-likeness (QED) is 0.199. The van der Waals surface area contributed by atoms with Crippen LogP contribution in [-0.4, -0.2) is 116 Å². The Labute approximate surface area is 356 Å². The molecule has 4 amide bonds. The van der Waals surface area contributed by atoms with Gasteiger partial charge in [0.2, 0.25) is 17.7 Å². The molecule has 3 aromatic heterocycles. The van der Waals surface area contributed by atoms with Crippen LogP contribution in [0.2, 0.25) is 0 Å². The number of imide groups is 1. The van der Waals surface area contributed by atoms with Crippen LogP contribution in [-0.2, 0) is 33.9 Å². The number of likely N-dealkylation sites (tertiary alicyclic amines) is 1. The number of ether oxygens (including phenoxy) is 1. The number of carbonyl (C=O) groups is 4. The highest BCUT2D eigenvalue weighted by Gasteiger charge is 2.41. The molecule has 8 heterocycles. The summed E-state index contributed by atoms with van der Waals surface area (Å²) in [7, 11) is 3.37. The number of nitrogens with zero attached hydrogens (tertiary/aromatic N) is 9. The van der Waals surface area contributed by atoms with Crippen LogP contribution in [0.5, 0.6) is 5.75 Å². The van der Waals surface area contributed by atoms with Crippen molar-refractivity contribution in [1.82, 2.24) is 39.2 Å². The monoisotopic (exact) mass is 846 g/mol. The number of amides is 4. The molecule has 15 nitrogen and oxygen atoms in total. The average Bonchev–Trinajstić information content (AvgIpc) is 3.97. The number of fused-ring (bicyclic) bond motifs is 3. The van der Waals surface area contributed by atoms with Gasteiger partial charge in [0.1, 0.15) is 17.4 Å². The number of benzene rings is 2. The smallest absolute Gasteiger partial charge is 0.264 e. The summed E-state index contributed by atoms with van der Waals surface area (Å²) >= 11 is 0. The van der Waals surface area contributed by atoms with Gasteiger partial charge in [-0.05, 0) is 66.8 Å². The first-order valence-corrected chi connectivity index (χ1v) is 21.2. The van der Waals surface area contributed by atoms with Crippen LogP contribution in [0.3, 0.4) is 0 Å². The Kier molecular flexibility index (Phi) is 9.95. The zero-order valence-corrected chi connectivity index (χ0v) is 34.9. The Morgan fingerprint density at radius 2 is 1.73 bits per heavy atom. The lowest BCUT2D eigenvalue weighted by atomic mass is 9.97. The summed E-state index contributed by atoms with van der Waals surface area (Å²) in [6.45, 7) is 6.44. The van der Waals surface area contributed by atoms with Gasteiger partial charge < -0.3 is 28.7 Å². The number of piperidine rings is 2. The van der Waals surface area contributed by atoms with Gasteiger partial charge in [0.05, 0.1) is 25.9 Å². The Bertz CT molecular complexity index is 2630. The fourth-order valence-corrected chi connectivity index (χ4v) is 10.0. The van der Waals surface area contributed by atoms with Gasteiger partial charge in [-0.3, -0.25) is 34.1 Å². The van der Waals surface area contributed by atoms with Gasteiger partial charge in [0, 0.05) is 124 Å². The summed E-state index contributed by atoms with van der Waals surface area (Å²) in [4.78, 5) is 64.5. The largest absolute Gasteiger partial charge is 0.495 e. The van der Waals surface area contributed by atoms with Crippen molar-refractivity contribution < 1.29 is 32.7 Å². The van der Waals surface area contributed by atoms with Crippen molar-refractivity contribution in [3.05, 3.63) is 89.0 Å². The maximum atomic E-state index is 14.9. The number of anilines is 3. The Morgan fingerprint density at radius 1 is 0.935 bits per heavy atom. The number of carbonyl (C=O) groups excluding carboxylic acids is 4. The summed E-state index contributed by atoms with van der Waals surface area (Å²) < 4.78 is 39.4. The van der Waals surface area contributed by atoms with Crippen LogP contribution in [0.25, 0.3) is 16.8 Å². The van der Waals surface area contributed by atoms with Crippen molar-refractivity contribution in [2.24, 2.45) is 0 Å². The third-order valence-electron chi connectivity index (χ3n) is 13.6. The SMILES string of the molecule is COc1cn2ccnc2cc1-c1ccc(N(C)c2nn(C3CCN(C4CN(c5ccc6c(c5)CN(C5CCC(=O)NC5=O)C6=O)C4)CC3)c3c2CN(C(C)=O)CC3)cc1C(F)F. The van der Waals surface area contributed by atoms with Crippen molar-refractivity contribution in [3.8, 4) is 16.9 Å². The molecule has 1 unspecified atom stereocenters. The van der Waals surface area contributed by atoms with E-state index in [-0.39, 0.29) is 35.7 Å². The predicted octanol–water partition coefficient (Wildman–Crippen LogP) is 5.10. The van der Waals surface area contributed by atoms with Crippen LogP contribution in [0.15, 0.2) is 61.1 Å². The molecular formula is C45H48F2N10O5. The molecule has 5 aromatic rings. The fraction of sp³-hybridized carbons (Fsp3) is 0.422. The highest BCUT2D eigenvalue weighted by atomic mass is 19.3. The van der Waals surface area contributed by atoms with E-state index >= 15 is 0 Å². The number of alkyl halides is 2. The molecule has 62 heavy (non-hydrogen) atoms. The van der Waals surface area contributed by atoms with E-state index in [2.05, 4.69) is 30.8 Å². The van der Waals surface area contributed by atoms with Crippen LogP contribution < -0.4 is 19.9 Å².